The zero-order chi connectivity index (χ0) is 14.7. The molecule has 5 nitrogen and oxygen atoms in total. The minimum Gasteiger partial charge on any atom is -0.493 e. The van der Waals surface area contributed by atoms with Gasteiger partial charge in [-0.15, -0.1) is 0 Å². The second kappa shape index (κ2) is 5.86. The Balaban J connectivity index is 2.62. The summed E-state index contributed by atoms with van der Waals surface area (Å²) in [5.74, 6) is 2.59. The molecule has 108 valence electrons. The zero-order valence-electron chi connectivity index (χ0n) is 12.4. The number of nitrogen functional groups attached to an aromatic ring is 1. The van der Waals surface area contributed by atoms with Crippen LogP contribution >= 0.6 is 0 Å². The fraction of sp³-hybridized carbons (Fsp3) is 0.400. The third-order valence-corrected chi connectivity index (χ3v) is 3.10. The van der Waals surface area contributed by atoms with Crippen molar-refractivity contribution in [3.05, 3.63) is 18.3 Å². The van der Waals surface area contributed by atoms with Gasteiger partial charge in [-0.05, 0) is 12.0 Å². The van der Waals surface area contributed by atoms with E-state index in [1.807, 2.05) is 6.07 Å². The summed E-state index contributed by atoms with van der Waals surface area (Å²) < 4.78 is 10.8. The van der Waals surface area contributed by atoms with Gasteiger partial charge in [-0.25, -0.2) is 4.98 Å². The summed E-state index contributed by atoms with van der Waals surface area (Å²) in [5.41, 5.74) is 6.77. The van der Waals surface area contributed by atoms with Gasteiger partial charge in [0.1, 0.15) is 5.82 Å². The first kappa shape index (κ1) is 14.2. The topological polar surface area (TPSA) is 69.4 Å². The Hall–Kier alpha value is -2.17. The van der Waals surface area contributed by atoms with E-state index in [-0.39, 0.29) is 0 Å². The number of fused-ring (bicyclic) bond motifs is 1. The summed E-state index contributed by atoms with van der Waals surface area (Å²) >= 11 is 0. The number of pyridine rings is 1. The molecule has 0 saturated heterocycles. The van der Waals surface area contributed by atoms with Crippen molar-refractivity contribution in [3.8, 4) is 11.5 Å². The number of nitrogens with zero attached hydrogens (tertiary/aromatic N) is 1. The van der Waals surface area contributed by atoms with E-state index >= 15 is 0 Å². The van der Waals surface area contributed by atoms with Crippen LogP contribution in [0.1, 0.15) is 13.8 Å². The number of aromatic nitrogens is 1. The first-order valence-corrected chi connectivity index (χ1v) is 6.61. The Morgan fingerprint density at radius 2 is 2.05 bits per heavy atom. The maximum Gasteiger partial charge on any atom is 0.168 e. The van der Waals surface area contributed by atoms with Crippen LogP contribution in [0.15, 0.2) is 18.3 Å². The van der Waals surface area contributed by atoms with Crippen molar-refractivity contribution in [3.63, 3.8) is 0 Å². The van der Waals surface area contributed by atoms with E-state index in [9.17, 15) is 0 Å². The maximum atomic E-state index is 6.15. The van der Waals surface area contributed by atoms with Crippen molar-refractivity contribution in [2.24, 2.45) is 5.92 Å². The standard InChI is InChI=1S/C15H21N3O2/c1-9(2)8-18-15-13-10(5-6-17-15)14(20-4)12(19-3)7-11(13)16/h5-7,9H,8,16H2,1-4H3,(H,17,18). The highest BCUT2D eigenvalue weighted by molar-refractivity contribution is 6.05. The van der Waals surface area contributed by atoms with Gasteiger partial charge in [0.05, 0.1) is 19.6 Å². The van der Waals surface area contributed by atoms with Gasteiger partial charge in [-0.2, -0.15) is 0 Å². The number of hydrogen-bond donors (Lipinski definition) is 2. The van der Waals surface area contributed by atoms with Crippen molar-refractivity contribution in [1.82, 2.24) is 4.98 Å². The average Bonchev–Trinajstić information content (AvgIpc) is 2.44. The molecule has 1 heterocycles. The van der Waals surface area contributed by atoms with Crippen molar-refractivity contribution in [1.29, 1.82) is 0 Å². The van der Waals surface area contributed by atoms with Crippen molar-refractivity contribution >= 4 is 22.3 Å². The second-order valence-electron chi connectivity index (χ2n) is 5.06. The van der Waals surface area contributed by atoms with E-state index in [1.165, 1.54) is 0 Å². The molecule has 0 saturated carbocycles. The predicted molar refractivity (Wildman–Crippen MR) is 82.6 cm³/mol. The quantitative estimate of drug-likeness (QED) is 0.821. The molecular formula is C15H21N3O2. The Morgan fingerprint density at radius 1 is 1.30 bits per heavy atom. The summed E-state index contributed by atoms with van der Waals surface area (Å²) in [6, 6.07) is 3.65. The van der Waals surface area contributed by atoms with Gasteiger partial charge in [0.2, 0.25) is 0 Å². The summed E-state index contributed by atoms with van der Waals surface area (Å²) in [6.45, 7) is 5.12. The molecule has 3 N–H and O–H groups in total. The number of methoxy groups -OCH3 is 2. The lowest BCUT2D eigenvalue weighted by Crippen LogP contribution is -2.10. The molecule has 0 amide bonds. The number of ether oxygens (including phenoxy) is 2. The second-order valence-corrected chi connectivity index (χ2v) is 5.06. The molecule has 0 fully saturated rings. The van der Waals surface area contributed by atoms with Crippen molar-refractivity contribution < 1.29 is 9.47 Å². The highest BCUT2D eigenvalue weighted by Gasteiger charge is 2.15. The van der Waals surface area contributed by atoms with E-state index < -0.39 is 0 Å². The number of anilines is 2. The molecule has 2 rings (SSSR count). The van der Waals surface area contributed by atoms with Gasteiger partial charge >= 0.3 is 0 Å². The van der Waals surface area contributed by atoms with E-state index in [0.29, 0.717) is 23.1 Å². The molecule has 5 heteroatoms. The van der Waals surface area contributed by atoms with Crippen molar-refractivity contribution in [2.75, 3.05) is 31.8 Å². The van der Waals surface area contributed by atoms with Crippen LogP contribution in [-0.4, -0.2) is 25.7 Å². The smallest absolute Gasteiger partial charge is 0.168 e. The summed E-state index contributed by atoms with van der Waals surface area (Å²) in [5, 5.41) is 5.09. The zero-order valence-corrected chi connectivity index (χ0v) is 12.4. The molecule has 2 aromatic rings. The van der Waals surface area contributed by atoms with Gasteiger partial charge in [0.15, 0.2) is 11.5 Å². The molecule has 0 bridgehead atoms. The number of rotatable bonds is 5. The van der Waals surface area contributed by atoms with Gasteiger partial charge in [0, 0.05) is 29.9 Å². The normalized spacial score (nSPS) is 10.8. The van der Waals surface area contributed by atoms with Crippen LogP contribution in [-0.2, 0) is 0 Å². The van der Waals surface area contributed by atoms with Gasteiger partial charge in [-0.3, -0.25) is 0 Å². The lowest BCUT2D eigenvalue weighted by Gasteiger charge is -2.16. The van der Waals surface area contributed by atoms with Crippen LogP contribution in [0.5, 0.6) is 11.5 Å². The fourth-order valence-electron chi connectivity index (χ4n) is 2.15. The minimum absolute atomic E-state index is 0.522. The Morgan fingerprint density at radius 3 is 2.65 bits per heavy atom. The molecule has 1 aromatic carbocycles. The molecule has 20 heavy (non-hydrogen) atoms. The molecule has 1 aromatic heterocycles. The molecule has 0 aliphatic rings. The summed E-state index contributed by atoms with van der Waals surface area (Å²) in [6.07, 6.45) is 1.74. The largest absolute Gasteiger partial charge is 0.493 e. The predicted octanol–water partition coefficient (Wildman–Crippen LogP) is 2.90. The molecule has 0 radical (unpaired) electrons. The van der Waals surface area contributed by atoms with Crippen LogP contribution in [0.2, 0.25) is 0 Å². The number of benzene rings is 1. The monoisotopic (exact) mass is 275 g/mol. The summed E-state index contributed by atoms with van der Waals surface area (Å²) in [7, 11) is 3.22. The lowest BCUT2D eigenvalue weighted by atomic mass is 10.1. The molecule has 0 aliphatic heterocycles. The Labute approximate surface area is 119 Å². The van der Waals surface area contributed by atoms with Crippen molar-refractivity contribution in [2.45, 2.75) is 13.8 Å². The first-order valence-electron chi connectivity index (χ1n) is 6.61. The minimum atomic E-state index is 0.522. The average molecular weight is 275 g/mol. The van der Waals surface area contributed by atoms with Crippen LogP contribution in [0, 0.1) is 5.92 Å². The van der Waals surface area contributed by atoms with E-state index in [1.54, 1.807) is 26.5 Å². The molecule has 0 spiro atoms. The lowest BCUT2D eigenvalue weighted by molar-refractivity contribution is 0.359. The third-order valence-electron chi connectivity index (χ3n) is 3.10. The molecule has 0 unspecified atom stereocenters. The van der Waals surface area contributed by atoms with E-state index in [4.69, 9.17) is 15.2 Å². The van der Waals surface area contributed by atoms with Crippen LogP contribution < -0.4 is 20.5 Å². The van der Waals surface area contributed by atoms with Crippen LogP contribution in [0.4, 0.5) is 11.5 Å². The van der Waals surface area contributed by atoms with Gasteiger partial charge in [0.25, 0.3) is 0 Å². The molecule has 0 atom stereocenters. The maximum absolute atomic E-state index is 6.15. The Bertz CT molecular complexity index is 612. The highest BCUT2D eigenvalue weighted by Crippen LogP contribution is 2.41. The number of hydrogen-bond acceptors (Lipinski definition) is 5. The molecule has 0 aliphatic carbocycles. The Kier molecular flexibility index (Phi) is 4.17. The third kappa shape index (κ3) is 2.57. The van der Waals surface area contributed by atoms with Crippen LogP contribution in [0.3, 0.4) is 0 Å². The number of nitrogens with one attached hydrogen (secondary N) is 1. The van der Waals surface area contributed by atoms with Gasteiger partial charge in [-0.1, -0.05) is 13.8 Å². The fourth-order valence-corrected chi connectivity index (χ4v) is 2.15. The highest BCUT2D eigenvalue weighted by atomic mass is 16.5. The van der Waals surface area contributed by atoms with Gasteiger partial charge < -0.3 is 20.5 Å². The summed E-state index contributed by atoms with van der Waals surface area (Å²) in [4.78, 5) is 4.38. The van der Waals surface area contributed by atoms with Crippen LogP contribution in [0.25, 0.3) is 10.8 Å². The molecular weight excluding hydrogens is 254 g/mol. The van der Waals surface area contributed by atoms with E-state index in [0.717, 1.165) is 23.1 Å². The SMILES string of the molecule is COc1cc(N)c2c(NCC(C)C)nccc2c1OC. The van der Waals surface area contributed by atoms with E-state index in [2.05, 4.69) is 24.1 Å². The first-order chi connectivity index (χ1) is 9.58. The number of nitrogens with two attached hydrogens (primary N) is 1.